The van der Waals surface area contributed by atoms with Crippen LogP contribution in [0.4, 0.5) is 0 Å². The lowest BCUT2D eigenvalue weighted by Gasteiger charge is -2.22. The molecule has 0 spiro atoms. The number of piperidine rings is 1. The van der Waals surface area contributed by atoms with E-state index >= 15 is 0 Å². The number of hydrogen-bond donors (Lipinski definition) is 2. The summed E-state index contributed by atoms with van der Waals surface area (Å²) in [6.07, 6.45) is 2.61. The summed E-state index contributed by atoms with van der Waals surface area (Å²) >= 11 is 0. The van der Waals surface area contributed by atoms with E-state index in [0.29, 0.717) is 0 Å². The fourth-order valence-corrected chi connectivity index (χ4v) is 2.95. The first-order valence-electron chi connectivity index (χ1n) is 7.97. The number of nitrogens with one attached hydrogen (secondary N) is 2. The van der Waals surface area contributed by atoms with Crippen LogP contribution < -0.4 is 10.6 Å². The van der Waals surface area contributed by atoms with Crippen LogP contribution in [-0.2, 0) is 6.54 Å². The highest BCUT2D eigenvalue weighted by atomic mass is 14.9. The summed E-state index contributed by atoms with van der Waals surface area (Å²) in [4.78, 5) is 0. The third kappa shape index (κ3) is 4.16. The van der Waals surface area contributed by atoms with Crippen molar-refractivity contribution in [3.05, 3.63) is 60.2 Å². The van der Waals surface area contributed by atoms with Gasteiger partial charge in [-0.15, -0.1) is 0 Å². The van der Waals surface area contributed by atoms with E-state index in [0.717, 1.165) is 19.0 Å². The minimum absolute atomic E-state index is 0.842. The number of rotatable bonds is 5. The number of hydrogen-bond acceptors (Lipinski definition) is 2. The molecule has 1 heterocycles. The van der Waals surface area contributed by atoms with Crippen molar-refractivity contribution in [1.29, 1.82) is 0 Å². The van der Waals surface area contributed by atoms with Crippen LogP contribution in [0.25, 0.3) is 11.1 Å². The van der Waals surface area contributed by atoms with Crippen LogP contribution >= 0.6 is 0 Å². The van der Waals surface area contributed by atoms with Gasteiger partial charge in [-0.1, -0.05) is 54.6 Å². The maximum Gasteiger partial charge on any atom is 0.0205 e. The van der Waals surface area contributed by atoms with Gasteiger partial charge in [0.1, 0.15) is 0 Å². The van der Waals surface area contributed by atoms with E-state index in [1.165, 1.54) is 42.6 Å². The van der Waals surface area contributed by atoms with Gasteiger partial charge in [-0.25, -0.2) is 0 Å². The molecule has 0 bridgehead atoms. The van der Waals surface area contributed by atoms with Gasteiger partial charge in [0.25, 0.3) is 0 Å². The Bertz CT molecular complexity index is 527. The van der Waals surface area contributed by atoms with Gasteiger partial charge in [-0.05, 0) is 55.1 Å². The molecular formula is C19H24N2. The zero-order chi connectivity index (χ0) is 14.3. The van der Waals surface area contributed by atoms with E-state index in [1.54, 1.807) is 0 Å². The highest BCUT2D eigenvalue weighted by molar-refractivity contribution is 5.63. The van der Waals surface area contributed by atoms with Crippen molar-refractivity contribution in [2.45, 2.75) is 19.4 Å². The Balaban J connectivity index is 1.50. The van der Waals surface area contributed by atoms with Crippen LogP contribution in [0.3, 0.4) is 0 Å². The van der Waals surface area contributed by atoms with Crippen molar-refractivity contribution in [3.8, 4) is 11.1 Å². The van der Waals surface area contributed by atoms with Crippen molar-refractivity contribution in [3.63, 3.8) is 0 Å². The van der Waals surface area contributed by atoms with Crippen molar-refractivity contribution < 1.29 is 0 Å². The van der Waals surface area contributed by atoms with E-state index in [9.17, 15) is 0 Å². The first-order chi connectivity index (χ1) is 10.4. The summed E-state index contributed by atoms with van der Waals surface area (Å²) in [5.41, 5.74) is 3.94. The Labute approximate surface area is 127 Å². The van der Waals surface area contributed by atoms with Gasteiger partial charge in [-0.3, -0.25) is 0 Å². The van der Waals surface area contributed by atoms with Gasteiger partial charge in [0.15, 0.2) is 0 Å². The molecule has 110 valence electrons. The molecule has 2 aromatic carbocycles. The van der Waals surface area contributed by atoms with Gasteiger partial charge in [0.2, 0.25) is 0 Å². The molecule has 2 aromatic rings. The summed E-state index contributed by atoms with van der Waals surface area (Å²) < 4.78 is 0. The Kier molecular flexibility index (Phi) is 5.03. The predicted octanol–water partition coefficient (Wildman–Crippen LogP) is 3.44. The molecule has 0 radical (unpaired) electrons. The second-order valence-corrected chi connectivity index (χ2v) is 5.89. The van der Waals surface area contributed by atoms with Crippen LogP contribution in [0.2, 0.25) is 0 Å². The minimum atomic E-state index is 0.842. The molecule has 0 unspecified atom stereocenters. The molecule has 3 rings (SSSR count). The Morgan fingerprint density at radius 1 is 0.857 bits per heavy atom. The summed E-state index contributed by atoms with van der Waals surface area (Å²) in [6, 6.07) is 19.5. The van der Waals surface area contributed by atoms with Crippen LogP contribution in [0, 0.1) is 5.92 Å². The van der Waals surface area contributed by atoms with E-state index in [-0.39, 0.29) is 0 Å². The summed E-state index contributed by atoms with van der Waals surface area (Å²) in [6.45, 7) is 4.47. The van der Waals surface area contributed by atoms with Crippen molar-refractivity contribution in [1.82, 2.24) is 10.6 Å². The first-order valence-corrected chi connectivity index (χ1v) is 7.97. The maximum atomic E-state index is 3.60. The van der Waals surface area contributed by atoms with Crippen molar-refractivity contribution in [2.75, 3.05) is 19.6 Å². The molecule has 2 nitrogen and oxygen atoms in total. The molecule has 0 saturated carbocycles. The molecule has 1 saturated heterocycles. The predicted molar refractivity (Wildman–Crippen MR) is 89.2 cm³/mol. The van der Waals surface area contributed by atoms with Crippen LogP contribution in [-0.4, -0.2) is 19.6 Å². The average Bonchev–Trinajstić information content (AvgIpc) is 2.57. The molecule has 2 N–H and O–H groups in total. The molecule has 0 aromatic heterocycles. The summed E-state index contributed by atoms with van der Waals surface area (Å²) in [7, 11) is 0. The van der Waals surface area contributed by atoms with Crippen LogP contribution in [0.15, 0.2) is 54.6 Å². The normalized spacial score (nSPS) is 16.0. The molecule has 0 aliphatic carbocycles. The molecule has 0 amide bonds. The SMILES string of the molecule is c1ccc(-c2ccc(CNCC3CCNCC3)cc2)cc1. The van der Waals surface area contributed by atoms with Gasteiger partial charge in [0.05, 0.1) is 0 Å². The number of benzene rings is 2. The lowest BCUT2D eigenvalue weighted by molar-refractivity contribution is 0.356. The lowest BCUT2D eigenvalue weighted by atomic mass is 9.98. The topological polar surface area (TPSA) is 24.1 Å². The smallest absolute Gasteiger partial charge is 0.0205 e. The fourth-order valence-electron chi connectivity index (χ4n) is 2.95. The van der Waals surface area contributed by atoms with E-state index in [4.69, 9.17) is 0 Å². The average molecular weight is 280 g/mol. The van der Waals surface area contributed by atoms with Gasteiger partial charge >= 0.3 is 0 Å². The van der Waals surface area contributed by atoms with E-state index in [1.807, 2.05) is 0 Å². The maximum absolute atomic E-state index is 3.60. The van der Waals surface area contributed by atoms with Crippen LogP contribution in [0.1, 0.15) is 18.4 Å². The zero-order valence-corrected chi connectivity index (χ0v) is 12.5. The van der Waals surface area contributed by atoms with Gasteiger partial charge in [0, 0.05) is 6.54 Å². The van der Waals surface area contributed by atoms with E-state index < -0.39 is 0 Å². The van der Waals surface area contributed by atoms with Gasteiger partial charge < -0.3 is 10.6 Å². The van der Waals surface area contributed by atoms with Crippen molar-refractivity contribution in [2.24, 2.45) is 5.92 Å². The summed E-state index contributed by atoms with van der Waals surface area (Å²) in [5.74, 6) is 0.842. The quantitative estimate of drug-likeness (QED) is 0.876. The molecule has 1 aliphatic heterocycles. The monoisotopic (exact) mass is 280 g/mol. The zero-order valence-electron chi connectivity index (χ0n) is 12.5. The highest BCUT2D eigenvalue weighted by Crippen LogP contribution is 2.19. The molecular weight excluding hydrogens is 256 g/mol. The van der Waals surface area contributed by atoms with Crippen LogP contribution in [0.5, 0.6) is 0 Å². The Morgan fingerprint density at radius 2 is 1.52 bits per heavy atom. The van der Waals surface area contributed by atoms with Gasteiger partial charge in [-0.2, -0.15) is 0 Å². The third-order valence-corrected chi connectivity index (χ3v) is 4.28. The Morgan fingerprint density at radius 3 is 2.24 bits per heavy atom. The molecule has 21 heavy (non-hydrogen) atoms. The minimum Gasteiger partial charge on any atom is -0.317 e. The molecule has 0 atom stereocenters. The molecule has 2 heteroatoms. The molecule has 1 fully saturated rings. The highest BCUT2D eigenvalue weighted by Gasteiger charge is 2.11. The largest absolute Gasteiger partial charge is 0.317 e. The molecule has 1 aliphatic rings. The van der Waals surface area contributed by atoms with Crippen molar-refractivity contribution >= 4 is 0 Å². The van der Waals surface area contributed by atoms with E-state index in [2.05, 4.69) is 65.2 Å². The second kappa shape index (κ2) is 7.39. The lowest BCUT2D eigenvalue weighted by Crippen LogP contribution is -2.33. The second-order valence-electron chi connectivity index (χ2n) is 5.89. The summed E-state index contributed by atoms with van der Waals surface area (Å²) in [5, 5.41) is 7.02. The first kappa shape index (κ1) is 14.3. The fraction of sp³-hybridized carbons (Fsp3) is 0.368. The third-order valence-electron chi connectivity index (χ3n) is 4.28. The standard InChI is InChI=1S/C19H24N2/c1-2-4-18(5-3-1)19-8-6-16(7-9-19)14-21-15-17-10-12-20-13-11-17/h1-9,17,20-21H,10-15H2. The Hall–Kier alpha value is -1.64.